The highest BCUT2D eigenvalue weighted by Gasteiger charge is 2.19. The lowest BCUT2D eigenvalue weighted by atomic mass is 10.1. The molecule has 0 aliphatic rings. The molecular weight excluding hydrogens is 470 g/mol. The molecule has 1 aromatic carbocycles. The Kier molecular flexibility index (Phi) is 8.01. The van der Waals surface area contributed by atoms with E-state index in [9.17, 15) is 19.7 Å². The van der Waals surface area contributed by atoms with Gasteiger partial charge in [0.1, 0.15) is 0 Å². The maximum absolute atomic E-state index is 12.2. The van der Waals surface area contributed by atoms with Crippen molar-refractivity contribution in [3.63, 3.8) is 0 Å². The van der Waals surface area contributed by atoms with E-state index in [1.807, 2.05) is 29.0 Å². The van der Waals surface area contributed by atoms with Crippen LogP contribution in [0.1, 0.15) is 12.5 Å². The second-order valence-electron chi connectivity index (χ2n) is 6.62. The topological polar surface area (TPSA) is 138 Å². The fourth-order valence-electron chi connectivity index (χ4n) is 2.88. The number of anilines is 1. The fraction of sp³-hybridized carbons (Fsp3) is 0.300. The number of nitro groups is 1. The molecule has 0 spiro atoms. The van der Waals surface area contributed by atoms with Crippen molar-refractivity contribution in [1.82, 2.24) is 14.8 Å². The van der Waals surface area contributed by atoms with Crippen LogP contribution in [-0.2, 0) is 20.9 Å². The number of benzene rings is 1. The Labute approximate surface area is 197 Å². The van der Waals surface area contributed by atoms with E-state index >= 15 is 0 Å². The molecule has 11 nitrogen and oxygen atoms in total. The number of rotatable bonds is 10. The van der Waals surface area contributed by atoms with Crippen LogP contribution < -0.4 is 10.1 Å². The van der Waals surface area contributed by atoms with Crippen LogP contribution in [0.25, 0.3) is 10.7 Å². The molecule has 3 aromatic rings. The molecule has 0 aliphatic carbocycles. The highest BCUT2D eigenvalue weighted by Crippen LogP contribution is 2.32. The summed E-state index contributed by atoms with van der Waals surface area (Å²) in [6.45, 7) is 3.71. The van der Waals surface area contributed by atoms with Crippen LogP contribution in [0.15, 0.2) is 34.8 Å². The average molecular weight is 492 g/mol. The van der Waals surface area contributed by atoms with Crippen LogP contribution in [-0.4, -0.2) is 51.0 Å². The van der Waals surface area contributed by atoms with Gasteiger partial charge in [-0.3, -0.25) is 19.7 Å². The molecule has 0 radical (unpaired) electrons. The van der Waals surface area contributed by atoms with Gasteiger partial charge in [-0.15, -0.1) is 21.5 Å². The minimum Gasteiger partial charge on any atom is -0.490 e. The number of carbonyl (C=O) groups is 2. The van der Waals surface area contributed by atoms with Crippen molar-refractivity contribution in [1.29, 1.82) is 0 Å². The fourth-order valence-corrected chi connectivity index (χ4v) is 4.40. The molecule has 13 heteroatoms. The number of hydrogen-bond acceptors (Lipinski definition) is 10. The summed E-state index contributed by atoms with van der Waals surface area (Å²) in [7, 11) is 1.30. The molecule has 33 heavy (non-hydrogen) atoms. The van der Waals surface area contributed by atoms with Crippen molar-refractivity contribution < 1.29 is 24.0 Å². The van der Waals surface area contributed by atoms with Crippen molar-refractivity contribution in [3.8, 4) is 16.5 Å². The number of aryl methyl sites for hydroxylation is 1. The lowest BCUT2D eigenvalue weighted by Gasteiger charge is -2.11. The number of carbonyl (C=O) groups excluding carboxylic acids is 2. The van der Waals surface area contributed by atoms with Gasteiger partial charge in [0.25, 0.3) is 5.91 Å². The molecule has 174 valence electrons. The van der Waals surface area contributed by atoms with Gasteiger partial charge >= 0.3 is 11.7 Å². The van der Waals surface area contributed by atoms with Crippen LogP contribution in [0.4, 0.5) is 11.4 Å². The Morgan fingerprint density at radius 1 is 1.33 bits per heavy atom. The zero-order chi connectivity index (χ0) is 24.0. The van der Waals surface area contributed by atoms with Crippen LogP contribution in [0.2, 0.25) is 0 Å². The number of nitro benzene ring substituents is 1. The molecule has 1 N–H and O–H groups in total. The smallest absolute Gasteiger partial charge is 0.316 e. The number of esters is 1. The summed E-state index contributed by atoms with van der Waals surface area (Å²) < 4.78 is 12.0. The first-order chi connectivity index (χ1) is 15.8. The maximum atomic E-state index is 12.2. The summed E-state index contributed by atoms with van der Waals surface area (Å²) in [6.07, 6.45) is 0. The second kappa shape index (κ2) is 10.9. The molecule has 1 amide bonds. The van der Waals surface area contributed by atoms with Gasteiger partial charge in [-0.25, -0.2) is 0 Å². The van der Waals surface area contributed by atoms with Crippen molar-refractivity contribution >= 4 is 46.3 Å². The van der Waals surface area contributed by atoms with E-state index in [2.05, 4.69) is 15.5 Å². The van der Waals surface area contributed by atoms with Crippen molar-refractivity contribution in [3.05, 3.63) is 45.3 Å². The van der Waals surface area contributed by atoms with Gasteiger partial charge in [-0.05, 0) is 30.9 Å². The third-order valence-electron chi connectivity index (χ3n) is 4.45. The largest absolute Gasteiger partial charge is 0.490 e. The molecule has 0 fully saturated rings. The molecule has 2 aromatic heterocycles. The standard InChI is InChI=1S/C20H21N5O6S2/c1-4-24-19(16-6-5-7-32-16)22-23-20(24)33-11-18(27)31-10-17(26)21-13-9-15(30-3)14(25(28)29)8-12(13)2/h5-9H,4,10-11H2,1-3H3,(H,21,26). The summed E-state index contributed by atoms with van der Waals surface area (Å²) in [5.41, 5.74) is 0.585. The quantitative estimate of drug-likeness (QED) is 0.195. The Balaban J connectivity index is 1.54. The number of hydrogen-bond donors (Lipinski definition) is 1. The maximum Gasteiger partial charge on any atom is 0.316 e. The first-order valence-electron chi connectivity index (χ1n) is 9.72. The van der Waals surface area contributed by atoms with Gasteiger partial charge in [-0.1, -0.05) is 17.8 Å². The van der Waals surface area contributed by atoms with Crippen molar-refractivity contribution in [2.75, 3.05) is 24.8 Å². The number of ether oxygens (including phenoxy) is 2. The first kappa shape index (κ1) is 24.2. The lowest BCUT2D eigenvalue weighted by Crippen LogP contribution is -2.22. The van der Waals surface area contributed by atoms with E-state index in [-0.39, 0.29) is 17.2 Å². The van der Waals surface area contributed by atoms with Gasteiger partial charge in [0.2, 0.25) is 0 Å². The third-order valence-corrected chi connectivity index (χ3v) is 6.26. The molecule has 0 saturated heterocycles. The van der Waals surface area contributed by atoms with E-state index in [0.29, 0.717) is 23.0 Å². The number of thioether (sulfide) groups is 1. The Hall–Kier alpha value is -3.45. The Bertz CT molecular complexity index is 1160. The lowest BCUT2D eigenvalue weighted by molar-refractivity contribution is -0.385. The van der Waals surface area contributed by atoms with Gasteiger partial charge < -0.3 is 19.4 Å². The summed E-state index contributed by atoms with van der Waals surface area (Å²) in [5.74, 6) is -0.464. The predicted molar refractivity (Wildman–Crippen MR) is 124 cm³/mol. The highest BCUT2D eigenvalue weighted by molar-refractivity contribution is 7.99. The number of aromatic nitrogens is 3. The molecule has 0 saturated carbocycles. The number of methoxy groups -OCH3 is 1. The average Bonchev–Trinajstić information content (AvgIpc) is 3.46. The number of nitrogens with one attached hydrogen (secondary N) is 1. The highest BCUT2D eigenvalue weighted by atomic mass is 32.2. The predicted octanol–water partition coefficient (Wildman–Crippen LogP) is 3.53. The van der Waals surface area contributed by atoms with E-state index in [1.54, 1.807) is 18.3 Å². The first-order valence-corrected chi connectivity index (χ1v) is 11.6. The zero-order valence-corrected chi connectivity index (χ0v) is 19.7. The summed E-state index contributed by atoms with van der Waals surface area (Å²) in [4.78, 5) is 35.8. The molecule has 0 atom stereocenters. The van der Waals surface area contributed by atoms with Crippen molar-refractivity contribution in [2.45, 2.75) is 25.5 Å². The van der Waals surface area contributed by atoms with Crippen LogP contribution in [0.5, 0.6) is 5.75 Å². The summed E-state index contributed by atoms with van der Waals surface area (Å²) in [5, 5.41) is 24.5. The van der Waals surface area contributed by atoms with Crippen molar-refractivity contribution in [2.24, 2.45) is 0 Å². The Morgan fingerprint density at radius 2 is 2.12 bits per heavy atom. The van der Waals surface area contributed by atoms with Gasteiger partial charge in [0.15, 0.2) is 23.3 Å². The zero-order valence-electron chi connectivity index (χ0n) is 18.1. The number of nitrogens with zero attached hydrogens (tertiary/aromatic N) is 4. The van der Waals surface area contributed by atoms with E-state index in [1.165, 1.54) is 31.0 Å². The molecule has 3 rings (SSSR count). The van der Waals surface area contributed by atoms with Gasteiger partial charge in [0.05, 0.1) is 22.7 Å². The molecule has 0 unspecified atom stereocenters. The molecule has 0 bridgehead atoms. The number of thiophene rings is 1. The van der Waals surface area contributed by atoms with Gasteiger partial charge in [0, 0.05) is 24.4 Å². The van der Waals surface area contributed by atoms with Crippen LogP contribution in [0.3, 0.4) is 0 Å². The SMILES string of the molecule is CCn1c(SCC(=O)OCC(=O)Nc2cc(OC)c([N+](=O)[O-])cc2C)nnc1-c1cccs1. The minimum absolute atomic E-state index is 0.0104. The van der Waals surface area contributed by atoms with E-state index in [0.717, 1.165) is 10.7 Å². The minimum atomic E-state index is -0.587. The third kappa shape index (κ3) is 5.87. The van der Waals surface area contributed by atoms with Gasteiger partial charge in [-0.2, -0.15) is 0 Å². The second-order valence-corrected chi connectivity index (χ2v) is 8.51. The normalized spacial score (nSPS) is 10.6. The van der Waals surface area contributed by atoms with E-state index in [4.69, 9.17) is 9.47 Å². The Morgan fingerprint density at radius 3 is 2.76 bits per heavy atom. The monoisotopic (exact) mass is 491 g/mol. The summed E-state index contributed by atoms with van der Waals surface area (Å²) in [6, 6.07) is 6.53. The molecular formula is C20H21N5O6S2. The molecule has 2 heterocycles. The van der Waals surface area contributed by atoms with E-state index < -0.39 is 23.4 Å². The molecule has 0 aliphatic heterocycles. The number of amides is 1. The summed E-state index contributed by atoms with van der Waals surface area (Å²) >= 11 is 2.72. The van der Waals surface area contributed by atoms with Crippen LogP contribution in [0, 0.1) is 17.0 Å². The van der Waals surface area contributed by atoms with Crippen LogP contribution >= 0.6 is 23.1 Å².